The number of nitrogens with one attached hydrogen (secondary N) is 2. The molecule has 0 saturated heterocycles. The van der Waals surface area contributed by atoms with Crippen LogP contribution in [0.4, 0.5) is 0 Å². The van der Waals surface area contributed by atoms with E-state index < -0.39 is 0 Å². The normalized spacial score (nSPS) is 10.4. The first-order valence-corrected chi connectivity index (χ1v) is 9.15. The van der Waals surface area contributed by atoms with Crippen molar-refractivity contribution in [3.63, 3.8) is 0 Å². The molecule has 1 heterocycles. The average Bonchev–Trinajstić information content (AvgIpc) is 2.71. The van der Waals surface area contributed by atoms with Gasteiger partial charge in [0.25, 0.3) is 11.8 Å². The summed E-state index contributed by atoms with van der Waals surface area (Å²) in [7, 11) is 0. The van der Waals surface area contributed by atoms with E-state index in [1.54, 1.807) is 6.07 Å². The van der Waals surface area contributed by atoms with E-state index in [2.05, 4.69) is 15.6 Å². The quantitative estimate of drug-likeness (QED) is 0.694. The van der Waals surface area contributed by atoms with Crippen molar-refractivity contribution in [1.82, 2.24) is 15.6 Å². The number of nitrogens with zero attached hydrogens (tertiary/aromatic N) is 1. The van der Waals surface area contributed by atoms with Crippen molar-refractivity contribution >= 4 is 11.8 Å². The minimum absolute atomic E-state index is 0.218. The molecule has 5 heteroatoms. The minimum Gasteiger partial charge on any atom is -0.348 e. The van der Waals surface area contributed by atoms with E-state index in [-0.39, 0.29) is 17.5 Å². The summed E-state index contributed by atoms with van der Waals surface area (Å²) in [5.74, 6) is -0.551. The van der Waals surface area contributed by atoms with Gasteiger partial charge in [0.15, 0.2) is 0 Å². The molecule has 2 N–H and O–H groups in total. The Morgan fingerprint density at radius 3 is 2.25 bits per heavy atom. The standard InChI is InChI=1S/C23H23N3O2/c1-16-6-8-18(9-7-16)14-25-22(27)20-10-11-24-21(13-20)23(28)26-15-19-5-3-4-17(2)12-19/h3-13H,14-15H2,1-2H3,(H,25,27)(H,26,28). The maximum atomic E-state index is 12.4. The van der Waals surface area contributed by atoms with Crippen molar-refractivity contribution in [3.8, 4) is 0 Å². The topological polar surface area (TPSA) is 71.1 Å². The van der Waals surface area contributed by atoms with Gasteiger partial charge >= 0.3 is 0 Å². The number of hydrogen-bond donors (Lipinski definition) is 2. The van der Waals surface area contributed by atoms with Crippen molar-refractivity contribution in [2.45, 2.75) is 26.9 Å². The van der Waals surface area contributed by atoms with Crippen LogP contribution in [0.1, 0.15) is 43.1 Å². The number of aromatic nitrogens is 1. The van der Waals surface area contributed by atoms with Gasteiger partial charge in [-0.2, -0.15) is 0 Å². The van der Waals surface area contributed by atoms with Crippen LogP contribution in [-0.4, -0.2) is 16.8 Å². The van der Waals surface area contributed by atoms with E-state index in [1.165, 1.54) is 17.8 Å². The number of hydrogen-bond acceptors (Lipinski definition) is 3. The van der Waals surface area contributed by atoms with Crippen LogP contribution in [0.3, 0.4) is 0 Å². The first kappa shape index (κ1) is 19.3. The van der Waals surface area contributed by atoms with E-state index in [1.807, 2.05) is 62.4 Å². The molecule has 0 aliphatic rings. The van der Waals surface area contributed by atoms with Crippen molar-refractivity contribution < 1.29 is 9.59 Å². The summed E-state index contributed by atoms with van der Waals surface area (Å²) in [6.07, 6.45) is 1.47. The van der Waals surface area contributed by atoms with Gasteiger partial charge in [0, 0.05) is 24.8 Å². The zero-order valence-electron chi connectivity index (χ0n) is 16.0. The number of benzene rings is 2. The smallest absolute Gasteiger partial charge is 0.270 e. The van der Waals surface area contributed by atoms with Crippen LogP contribution in [-0.2, 0) is 13.1 Å². The van der Waals surface area contributed by atoms with Crippen molar-refractivity contribution in [1.29, 1.82) is 0 Å². The molecule has 0 aliphatic carbocycles. The highest BCUT2D eigenvalue weighted by Crippen LogP contribution is 2.07. The van der Waals surface area contributed by atoms with E-state index in [0.717, 1.165) is 16.7 Å². The SMILES string of the molecule is Cc1ccc(CNC(=O)c2ccnc(C(=O)NCc3cccc(C)c3)c2)cc1. The second-order valence-electron chi connectivity index (χ2n) is 6.77. The molecule has 5 nitrogen and oxygen atoms in total. The Labute approximate surface area is 164 Å². The number of carbonyl (C=O) groups excluding carboxylic acids is 2. The van der Waals surface area contributed by atoms with Crippen molar-refractivity contribution in [3.05, 3.63) is 100 Å². The summed E-state index contributed by atoms with van der Waals surface area (Å²) in [4.78, 5) is 28.9. The molecule has 0 radical (unpaired) electrons. The Bertz CT molecular complexity index is 981. The number of pyridine rings is 1. The fraction of sp³-hybridized carbons (Fsp3) is 0.174. The highest BCUT2D eigenvalue weighted by Gasteiger charge is 2.12. The molecule has 0 saturated carbocycles. The highest BCUT2D eigenvalue weighted by atomic mass is 16.2. The Balaban J connectivity index is 1.59. The zero-order chi connectivity index (χ0) is 19.9. The molecule has 3 rings (SSSR count). The van der Waals surface area contributed by atoms with Gasteiger partial charge in [0.1, 0.15) is 5.69 Å². The molecular weight excluding hydrogens is 350 g/mol. The van der Waals surface area contributed by atoms with Gasteiger partial charge in [-0.1, -0.05) is 59.7 Å². The lowest BCUT2D eigenvalue weighted by Crippen LogP contribution is -2.26. The first-order chi connectivity index (χ1) is 13.5. The van der Waals surface area contributed by atoms with Gasteiger partial charge in [-0.3, -0.25) is 14.6 Å². The molecule has 0 unspecified atom stereocenters. The maximum Gasteiger partial charge on any atom is 0.270 e. The third-order valence-corrected chi connectivity index (χ3v) is 4.36. The average molecular weight is 373 g/mol. The van der Waals surface area contributed by atoms with E-state index >= 15 is 0 Å². The fourth-order valence-corrected chi connectivity index (χ4v) is 2.78. The van der Waals surface area contributed by atoms with Crippen molar-refractivity contribution in [2.24, 2.45) is 0 Å². The lowest BCUT2D eigenvalue weighted by molar-refractivity contribution is 0.0946. The van der Waals surface area contributed by atoms with Crippen LogP contribution >= 0.6 is 0 Å². The van der Waals surface area contributed by atoms with Crippen LogP contribution in [0.5, 0.6) is 0 Å². The van der Waals surface area contributed by atoms with Gasteiger partial charge < -0.3 is 10.6 Å². The molecule has 0 bridgehead atoms. The predicted molar refractivity (Wildman–Crippen MR) is 109 cm³/mol. The van der Waals surface area contributed by atoms with Gasteiger partial charge in [0.05, 0.1) is 0 Å². The fourth-order valence-electron chi connectivity index (χ4n) is 2.78. The highest BCUT2D eigenvalue weighted by molar-refractivity contribution is 5.98. The molecule has 3 aromatic rings. The van der Waals surface area contributed by atoms with E-state index in [9.17, 15) is 9.59 Å². The molecule has 142 valence electrons. The number of carbonyl (C=O) groups is 2. The van der Waals surface area contributed by atoms with Crippen molar-refractivity contribution in [2.75, 3.05) is 0 Å². The Morgan fingerprint density at radius 2 is 1.50 bits per heavy atom. The molecule has 2 aromatic carbocycles. The summed E-state index contributed by atoms with van der Waals surface area (Å²) >= 11 is 0. The lowest BCUT2D eigenvalue weighted by Gasteiger charge is -2.08. The summed E-state index contributed by atoms with van der Waals surface area (Å²) in [6, 6.07) is 19.0. The minimum atomic E-state index is -0.310. The zero-order valence-corrected chi connectivity index (χ0v) is 16.0. The molecule has 0 fully saturated rings. The third-order valence-electron chi connectivity index (χ3n) is 4.36. The van der Waals surface area contributed by atoms with Crippen LogP contribution in [0.25, 0.3) is 0 Å². The monoisotopic (exact) mass is 373 g/mol. The molecule has 0 aliphatic heterocycles. The Hall–Kier alpha value is -3.47. The molecular formula is C23H23N3O2. The molecule has 0 spiro atoms. The second-order valence-corrected chi connectivity index (χ2v) is 6.77. The van der Waals surface area contributed by atoms with Gasteiger partial charge in [-0.15, -0.1) is 0 Å². The second kappa shape index (κ2) is 8.95. The largest absolute Gasteiger partial charge is 0.348 e. The van der Waals surface area contributed by atoms with Crippen LogP contribution in [0.15, 0.2) is 66.9 Å². The van der Waals surface area contributed by atoms with Gasteiger partial charge in [-0.05, 0) is 37.1 Å². The molecule has 0 atom stereocenters. The molecule has 28 heavy (non-hydrogen) atoms. The van der Waals surface area contributed by atoms with Gasteiger partial charge in [-0.25, -0.2) is 0 Å². The summed E-state index contributed by atoms with van der Waals surface area (Å²) in [6.45, 7) is 4.86. The van der Waals surface area contributed by atoms with Gasteiger partial charge in [0.2, 0.25) is 0 Å². The predicted octanol–water partition coefficient (Wildman–Crippen LogP) is 3.56. The van der Waals surface area contributed by atoms with E-state index in [0.29, 0.717) is 18.7 Å². The third kappa shape index (κ3) is 5.27. The van der Waals surface area contributed by atoms with Crippen LogP contribution in [0, 0.1) is 13.8 Å². The number of amides is 2. The lowest BCUT2D eigenvalue weighted by atomic mass is 10.1. The maximum absolute atomic E-state index is 12.4. The first-order valence-electron chi connectivity index (χ1n) is 9.15. The number of rotatable bonds is 6. The van der Waals surface area contributed by atoms with Crippen LogP contribution < -0.4 is 10.6 Å². The summed E-state index contributed by atoms with van der Waals surface area (Å²) < 4.78 is 0. The Morgan fingerprint density at radius 1 is 0.786 bits per heavy atom. The number of aryl methyl sites for hydroxylation is 2. The molecule has 2 amide bonds. The van der Waals surface area contributed by atoms with Crippen LogP contribution in [0.2, 0.25) is 0 Å². The molecule has 1 aromatic heterocycles. The van der Waals surface area contributed by atoms with E-state index in [4.69, 9.17) is 0 Å². The summed E-state index contributed by atoms with van der Waals surface area (Å²) in [5.41, 5.74) is 4.96. The Kier molecular flexibility index (Phi) is 6.17. The summed E-state index contributed by atoms with van der Waals surface area (Å²) in [5, 5.41) is 5.71.